The lowest BCUT2D eigenvalue weighted by Crippen LogP contribution is -2.52. The molecule has 19 heavy (non-hydrogen) atoms. The number of nitrogens with one attached hydrogen (secondary N) is 2. The second-order valence-corrected chi connectivity index (χ2v) is 5.97. The highest BCUT2D eigenvalue weighted by Gasteiger charge is 2.38. The van der Waals surface area contributed by atoms with Gasteiger partial charge < -0.3 is 20.5 Å². The van der Waals surface area contributed by atoms with Gasteiger partial charge in [0.15, 0.2) is 0 Å². The molecule has 0 aromatic rings. The molecular formula is C14H26N2O3. The number of hydrogen-bond acceptors (Lipinski definition) is 3. The van der Waals surface area contributed by atoms with Crippen molar-refractivity contribution in [2.75, 3.05) is 13.2 Å². The number of hydrogen-bond donors (Lipinski definition) is 3. The minimum atomic E-state index is -0.120. The third-order valence-electron chi connectivity index (χ3n) is 4.60. The zero-order valence-electron chi connectivity index (χ0n) is 11.9. The molecule has 5 nitrogen and oxygen atoms in total. The van der Waals surface area contributed by atoms with Crippen LogP contribution >= 0.6 is 0 Å². The van der Waals surface area contributed by atoms with Crippen LogP contribution in [0, 0.1) is 11.8 Å². The SMILES string of the molecule is CC(CO)C(C)NC(=O)NC1CCCC2OCCC12. The van der Waals surface area contributed by atoms with E-state index < -0.39 is 0 Å². The first-order valence-electron chi connectivity index (χ1n) is 7.41. The normalized spacial score (nSPS) is 33.3. The number of aliphatic hydroxyl groups is 1. The minimum absolute atomic E-state index is 0.0239. The Hall–Kier alpha value is -0.810. The number of rotatable bonds is 4. The molecule has 0 spiro atoms. The molecule has 1 saturated heterocycles. The zero-order valence-corrected chi connectivity index (χ0v) is 11.9. The van der Waals surface area contributed by atoms with Gasteiger partial charge in [-0.3, -0.25) is 0 Å². The predicted molar refractivity (Wildman–Crippen MR) is 72.9 cm³/mol. The fourth-order valence-corrected chi connectivity index (χ4v) is 3.07. The smallest absolute Gasteiger partial charge is 0.315 e. The number of carbonyl (C=O) groups is 1. The molecule has 2 rings (SSSR count). The van der Waals surface area contributed by atoms with Gasteiger partial charge >= 0.3 is 6.03 Å². The molecule has 0 aromatic carbocycles. The lowest BCUT2D eigenvalue weighted by atomic mass is 9.82. The number of ether oxygens (including phenoxy) is 1. The van der Waals surface area contributed by atoms with E-state index in [4.69, 9.17) is 9.84 Å². The highest BCUT2D eigenvalue weighted by Crippen LogP contribution is 2.34. The van der Waals surface area contributed by atoms with Crippen molar-refractivity contribution >= 4 is 6.03 Å². The number of amides is 2. The summed E-state index contributed by atoms with van der Waals surface area (Å²) in [7, 11) is 0. The first kappa shape index (κ1) is 14.6. The van der Waals surface area contributed by atoms with Crippen molar-refractivity contribution in [1.82, 2.24) is 10.6 Å². The maximum Gasteiger partial charge on any atom is 0.315 e. The van der Waals surface area contributed by atoms with E-state index in [9.17, 15) is 4.79 Å². The summed E-state index contributed by atoms with van der Waals surface area (Å²) < 4.78 is 5.70. The summed E-state index contributed by atoms with van der Waals surface area (Å²) in [4.78, 5) is 12.0. The van der Waals surface area contributed by atoms with Crippen molar-refractivity contribution < 1.29 is 14.6 Å². The van der Waals surface area contributed by atoms with E-state index in [0.717, 1.165) is 32.3 Å². The van der Waals surface area contributed by atoms with Crippen LogP contribution in [0.4, 0.5) is 4.79 Å². The Labute approximate surface area is 115 Å². The van der Waals surface area contributed by atoms with Gasteiger partial charge in [-0.05, 0) is 38.5 Å². The van der Waals surface area contributed by atoms with Crippen molar-refractivity contribution in [3.05, 3.63) is 0 Å². The Kier molecular flexibility index (Phi) is 5.05. The molecular weight excluding hydrogens is 244 g/mol. The second-order valence-electron chi connectivity index (χ2n) is 5.97. The lowest BCUT2D eigenvalue weighted by Gasteiger charge is -2.33. The standard InChI is InChI=1S/C14H26N2O3/c1-9(8-17)10(2)15-14(18)16-12-4-3-5-13-11(12)6-7-19-13/h9-13,17H,3-8H2,1-2H3,(H2,15,16,18). The van der Waals surface area contributed by atoms with Gasteiger partial charge in [0.1, 0.15) is 0 Å². The molecule has 5 heteroatoms. The van der Waals surface area contributed by atoms with Crippen LogP contribution in [0.5, 0.6) is 0 Å². The molecule has 2 fully saturated rings. The second kappa shape index (κ2) is 6.57. The van der Waals surface area contributed by atoms with E-state index in [1.165, 1.54) is 0 Å². The molecule has 3 N–H and O–H groups in total. The Balaban J connectivity index is 1.81. The number of carbonyl (C=O) groups excluding carboxylic acids is 1. The molecule has 2 amide bonds. The molecule has 0 radical (unpaired) electrons. The van der Waals surface area contributed by atoms with E-state index in [1.54, 1.807) is 0 Å². The number of fused-ring (bicyclic) bond motifs is 1. The van der Waals surface area contributed by atoms with Gasteiger partial charge in [0.25, 0.3) is 0 Å². The van der Waals surface area contributed by atoms with Crippen LogP contribution in [0.2, 0.25) is 0 Å². The number of aliphatic hydroxyl groups excluding tert-OH is 1. The first-order valence-corrected chi connectivity index (χ1v) is 7.41. The van der Waals surface area contributed by atoms with Crippen LogP contribution in [0.15, 0.2) is 0 Å². The maximum absolute atomic E-state index is 12.0. The molecule has 2 aliphatic rings. The quantitative estimate of drug-likeness (QED) is 0.720. The van der Waals surface area contributed by atoms with Crippen molar-refractivity contribution in [2.24, 2.45) is 11.8 Å². The minimum Gasteiger partial charge on any atom is -0.396 e. The van der Waals surface area contributed by atoms with Gasteiger partial charge in [-0.15, -0.1) is 0 Å². The summed E-state index contributed by atoms with van der Waals surface area (Å²) in [6, 6.07) is 0.0902. The predicted octanol–water partition coefficient (Wildman–Crippen LogP) is 1.26. The van der Waals surface area contributed by atoms with E-state index in [-0.39, 0.29) is 30.6 Å². The maximum atomic E-state index is 12.0. The summed E-state index contributed by atoms with van der Waals surface area (Å²) in [5.41, 5.74) is 0. The van der Waals surface area contributed by atoms with Gasteiger partial charge in [0.05, 0.1) is 6.10 Å². The van der Waals surface area contributed by atoms with Crippen molar-refractivity contribution in [3.63, 3.8) is 0 Å². The fraction of sp³-hybridized carbons (Fsp3) is 0.929. The zero-order chi connectivity index (χ0) is 13.8. The average Bonchev–Trinajstić information content (AvgIpc) is 2.87. The van der Waals surface area contributed by atoms with Crippen molar-refractivity contribution in [2.45, 2.75) is 57.7 Å². The van der Waals surface area contributed by atoms with Crippen LogP contribution in [-0.4, -0.2) is 42.5 Å². The fourth-order valence-electron chi connectivity index (χ4n) is 3.07. The van der Waals surface area contributed by atoms with E-state index in [0.29, 0.717) is 12.0 Å². The summed E-state index contributed by atoms with van der Waals surface area (Å²) in [6.45, 7) is 4.76. The van der Waals surface area contributed by atoms with Crippen molar-refractivity contribution in [3.8, 4) is 0 Å². The molecule has 5 atom stereocenters. The third kappa shape index (κ3) is 3.60. The molecule has 0 bridgehead atoms. The van der Waals surface area contributed by atoms with Crippen molar-refractivity contribution in [1.29, 1.82) is 0 Å². The molecule has 0 aromatic heterocycles. The molecule has 110 valence electrons. The van der Waals surface area contributed by atoms with Crippen LogP contribution in [0.3, 0.4) is 0 Å². The van der Waals surface area contributed by atoms with E-state index >= 15 is 0 Å². The van der Waals surface area contributed by atoms with Gasteiger partial charge in [-0.2, -0.15) is 0 Å². The van der Waals surface area contributed by atoms with Gasteiger partial charge in [0, 0.05) is 31.2 Å². The lowest BCUT2D eigenvalue weighted by molar-refractivity contribution is 0.0548. The topological polar surface area (TPSA) is 70.6 Å². The Morgan fingerprint density at radius 3 is 2.89 bits per heavy atom. The van der Waals surface area contributed by atoms with E-state index in [1.807, 2.05) is 13.8 Å². The van der Waals surface area contributed by atoms with Crippen LogP contribution in [0.25, 0.3) is 0 Å². The molecule has 1 saturated carbocycles. The number of urea groups is 1. The van der Waals surface area contributed by atoms with Gasteiger partial charge in [0.2, 0.25) is 0 Å². The summed E-state index contributed by atoms with van der Waals surface area (Å²) in [5.74, 6) is 0.546. The largest absolute Gasteiger partial charge is 0.396 e. The van der Waals surface area contributed by atoms with Gasteiger partial charge in [-0.25, -0.2) is 4.79 Å². The highest BCUT2D eigenvalue weighted by atomic mass is 16.5. The Morgan fingerprint density at radius 2 is 2.16 bits per heavy atom. The van der Waals surface area contributed by atoms with Crippen LogP contribution < -0.4 is 10.6 Å². The van der Waals surface area contributed by atoms with E-state index in [2.05, 4.69) is 10.6 Å². The molecule has 1 heterocycles. The third-order valence-corrected chi connectivity index (χ3v) is 4.60. The molecule has 1 aliphatic carbocycles. The summed E-state index contributed by atoms with van der Waals surface area (Å²) >= 11 is 0. The first-order chi connectivity index (χ1) is 9.11. The average molecular weight is 270 g/mol. The summed E-state index contributed by atoms with van der Waals surface area (Å²) in [6.07, 6.45) is 4.69. The Morgan fingerprint density at radius 1 is 1.37 bits per heavy atom. The monoisotopic (exact) mass is 270 g/mol. The Bertz CT molecular complexity index is 311. The molecule has 5 unspecified atom stereocenters. The van der Waals surface area contributed by atoms with Crippen LogP contribution in [-0.2, 0) is 4.74 Å². The van der Waals surface area contributed by atoms with Crippen LogP contribution in [0.1, 0.15) is 39.5 Å². The van der Waals surface area contributed by atoms with Gasteiger partial charge in [-0.1, -0.05) is 6.92 Å². The molecule has 1 aliphatic heterocycles. The summed E-state index contributed by atoms with van der Waals surface area (Å²) in [5, 5.41) is 15.1. The highest BCUT2D eigenvalue weighted by molar-refractivity contribution is 5.74.